The first-order chi connectivity index (χ1) is 4.74. The molecule has 2 nitrogen and oxygen atoms in total. The minimum Gasteiger partial charge on any atom is -0.390 e. The summed E-state index contributed by atoms with van der Waals surface area (Å²) < 4.78 is 0. The second-order valence-corrected chi connectivity index (χ2v) is 2.56. The molecule has 0 spiro atoms. The van der Waals surface area contributed by atoms with Crippen LogP contribution in [0.2, 0.25) is 10.0 Å². The normalized spacial score (nSPS) is 9.90. The zero-order valence-electron chi connectivity index (χ0n) is 5.01. The molecule has 1 aromatic heterocycles. The van der Waals surface area contributed by atoms with Gasteiger partial charge in [0.1, 0.15) is 0 Å². The lowest BCUT2D eigenvalue weighted by molar-refractivity contribution is 0.277. The van der Waals surface area contributed by atoms with Crippen molar-refractivity contribution >= 4 is 23.2 Å². The van der Waals surface area contributed by atoms with Gasteiger partial charge in [0.15, 0.2) is 0 Å². The van der Waals surface area contributed by atoms with Gasteiger partial charge in [-0.1, -0.05) is 23.2 Å². The topological polar surface area (TPSA) is 33.1 Å². The number of halogens is 2. The van der Waals surface area contributed by atoms with Crippen LogP contribution in [0, 0.1) is 0 Å². The number of rotatable bonds is 1. The summed E-state index contributed by atoms with van der Waals surface area (Å²) in [7, 11) is 0. The first-order valence-electron chi connectivity index (χ1n) is 2.65. The summed E-state index contributed by atoms with van der Waals surface area (Å²) in [6, 6.07) is 1.53. The summed E-state index contributed by atoms with van der Waals surface area (Å²) in [5.41, 5.74) is 0.523. The average Bonchev–Trinajstić information content (AvgIpc) is 1.95. The van der Waals surface area contributed by atoms with E-state index in [4.69, 9.17) is 28.3 Å². The van der Waals surface area contributed by atoms with Crippen molar-refractivity contribution in [3.63, 3.8) is 0 Å². The van der Waals surface area contributed by atoms with Gasteiger partial charge in [0.25, 0.3) is 0 Å². The van der Waals surface area contributed by atoms with E-state index in [1.54, 1.807) is 0 Å². The number of pyridine rings is 1. The van der Waals surface area contributed by atoms with E-state index in [0.29, 0.717) is 15.7 Å². The van der Waals surface area contributed by atoms with E-state index >= 15 is 0 Å². The fourth-order valence-electron chi connectivity index (χ4n) is 0.540. The Morgan fingerprint density at radius 3 is 2.60 bits per heavy atom. The van der Waals surface area contributed by atoms with Gasteiger partial charge in [-0.15, -0.1) is 0 Å². The molecule has 1 rings (SSSR count). The Kier molecular flexibility index (Phi) is 2.49. The molecule has 1 heterocycles. The summed E-state index contributed by atoms with van der Waals surface area (Å²) in [5.74, 6) is 0. The van der Waals surface area contributed by atoms with E-state index in [2.05, 4.69) is 4.98 Å². The van der Waals surface area contributed by atoms with Gasteiger partial charge in [0.05, 0.1) is 22.3 Å². The van der Waals surface area contributed by atoms with Gasteiger partial charge < -0.3 is 5.11 Å². The van der Waals surface area contributed by atoms with E-state index in [-0.39, 0.29) is 6.61 Å². The zero-order chi connectivity index (χ0) is 7.56. The summed E-state index contributed by atoms with van der Waals surface area (Å²) in [6.07, 6.45) is 1.41. The van der Waals surface area contributed by atoms with Gasteiger partial charge in [0.2, 0.25) is 0 Å². The van der Waals surface area contributed by atoms with Gasteiger partial charge in [-0.2, -0.15) is 0 Å². The number of hydrogen-bond donors (Lipinski definition) is 1. The maximum Gasteiger partial charge on any atom is 0.0853 e. The Labute approximate surface area is 68.4 Å². The highest BCUT2D eigenvalue weighted by Gasteiger charge is 1.98. The van der Waals surface area contributed by atoms with Crippen molar-refractivity contribution in [2.24, 2.45) is 0 Å². The first-order valence-corrected chi connectivity index (χ1v) is 3.40. The third-order valence-electron chi connectivity index (χ3n) is 1.03. The summed E-state index contributed by atoms with van der Waals surface area (Å²) in [5, 5.41) is 9.41. The van der Waals surface area contributed by atoms with Gasteiger partial charge in [-0.05, 0) is 6.07 Å². The standard InChI is InChI=1S/C6H5Cl2NO/c7-5-1-4(3-10)9-2-6(5)8/h1-2,10H,3H2. The van der Waals surface area contributed by atoms with E-state index in [0.717, 1.165) is 0 Å². The molecule has 0 aliphatic carbocycles. The van der Waals surface area contributed by atoms with Crippen molar-refractivity contribution < 1.29 is 5.11 Å². The predicted molar refractivity (Wildman–Crippen MR) is 40.2 cm³/mol. The van der Waals surface area contributed by atoms with Gasteiger partial charge >= 0.3 is 0 Å². The van der Waals surface area contributed by atoms with Crippen LogP contribution in [0.15, 0.2) is 12.3 Å². The third-order valence-corrected chi connectivity index (χ3v) is 1.74. The number of nitrogens with zero attached hydrogens (tertiary/aromatic N) is 1. The second kappa shape index (κ2) is 3.19. The Hall–Kier alpha value is -0.310. The molecule has 0 unspecified atom stereocenters. The quantitative estimate of drug-likeness (QED) is 0.712. The van der Waals surface area contributed by atoms with E-state index in [9.17, 15) is 0 Å². The molecule has 1 N–H and O–H groups in total. The molecule has 0 amide bonds. The minimum atomic E-state index is -0.114. The lowest BCUT2D eigenvalue weighted by atomic mass is 10.4. The lowest BCUT2D eigenvalue weighted by Crippen LogP contribution is -1.87. The highest BCUT2D eigenvalue weighted by atomic mass is 35.5. The van der Waals surface area contributed by atoms with E-state index < -0.39 is 0 Å². The molecule has 0 saturated carbocycles. The maximum atomic E-state index is 8.59. The summed E-state index contributed by atoms with van der Waals surface area (Å²) >= 11 is 11.2. The molecular weight excluding hydrogens is 173 g/mol. The molecule has 0 fully saturated rings. The van der Waals surface area contributed by atoms with Crippen molar-refractivity contribution in [2.45, 2.75) is 6.61 Å². The third kappa shape index (κ3) is 1.59. The van der Waals surface area contributed by atoms with Gasteiger partial charge in [-0.25, -0.2) is 0 Å². The molecule has 0 aliphatic rings. The largest absolute Gasteiger partial charge is 0.390 e. The minimum absolute atomic E-state index is 0.114. The molecule has 0 aromatic carbocycles. The highest BCUT2D eigenvalue weighted by Crippen LogP contribution is 2.20. The van der Waals surface area contributed by atoms with Crippen LogP contribution in [-0.4, -0.2) is 10.1 Å². The molecular formula is C6H5Cl2NO. The van der Waals surface area contributed by atoms with Crippen LogP contribution in [-0.2, 0) is 6.61 Å². The molecule has 10 heavy (non-hydrogen) atoms. The second-order valence-electron chi connectivity index (χ2n) is 1.75. The molecule has 0 aliphatic heterocycles. The smallest absolute Gasteiger partial charge is 0.0853 e. The number of aliphatic hydroxyl groups excluding tert-OH is 1. The van der Waals surface area contributed by atoms with E-state index in [1.807, 2.05) is 0 Å². The van der Waals surface area contributed by atoms with Crippen molar-refractivity contribution in [2.75, 3.05) is 0 Å². The van der Waals surface area contributed by atoms with Gasteiger partial charge in [-0.3, -0.25) is 4.98 Å². The molecule has 0 bridgehead atoms. The Balaban J connectivity index is 3.04. The number of aromatic nitrogens is 1. The van der Waals surface area contributed by atoms with Crippen LogP contribution < -0.4 is 0 Å². The van der Waals surface area contributed by atoms with Crippen LogP contribution in [0.25, 0.3) is 0 Å². The fourth-order valence-corrected chi connectivity index (χ4v) is 0.818. The molecule has 54 valence electrons. The molecule has 0 saturated heterocycles. The van der Waals surface area contributed by atoms with Gasteiger partial charge in [0, 0.05) is 6.20 Å². The van der Waals surface area contributed by atoms with Crippen LogP contribution in [0.5, 0.6) is 0 Å². The maximum absolute atomic E-state index is 8.59. The lowest BCUT2D eigenvalue weighted by Gasteiger charge is -1.96. The first kappa shape index (κ1) is 7.79. The SMILES string of the molecule is OCc1cc(Cl)c(Cl)cn1. The predicted octanol–water partition coefficient (Wildman–Crippen LogP) is 1.88. The Morgan fingerprint density at radius 1 is 1.40 bits per heavy atom. The number of hydrogen-bond acceptors (Lipinski definition) is 2. The monoisotopic (exact) mass is 177 g/mol. The van der Waals surface area contributed by atoms with Crippen LogP contribution in [0.1, 0.15) is 5.69 Å². The molecule has 1 aromatic rings. The summed E-state index contributed by atoms with van der Waals surface area (Å²) in [4.78, 5) is 3.79. The Morgan fingerprint density at radius 2 is 2.10 bits per heavy atom. The Bertz CT molecular complexity index is 239. The molecule has 0 atom stereocenters. The van der Waals surface area contributed by atoms with Crippen molar-refractivity contribution in [3.05, 3.63) is 28.0 Å². The van der Waals surface area contributed by atoms with E-state index in [1.165, 1.54) is 12.3 Å². The van der Waals surface area contributed by atoms with Crippen LogP contribution >= 0.6 is 23.2 Å². The van der Waals surface area contributed by atoms with Crippen LogP contribution in [0.4, 0.5) is 0 Å². The van der Waals surface area contributed by atoms with Crippen molar-refractivity contribution in [1.29, 1.82) is 0 Å². The fraction of sp³-hybridized carbons (Fsp3) is 0.167. The zero-order valence-corrected chi connectivity index (χ0v) is 6.52. The highest BCUT2D eigenvalue weighted by molar-refractivity contribution is 6.41. The van der Waals surface area contributed by atoms with Crippen molar-refractivity contribution in [1.82, 2.24) is 4.98 Å². The average molecular weight is 178 g/mol. The number of aliphatic hydroxyl groups is 1. The van der Waals surface area contributed by atoms with Crippen LogP contribution in [0.3, 0.4) is 0 Å². The molecule has 4 heteroatoms. The summed E-state index contributed by atoms with van der Waals surface area (Å²) in [6.45, 7) is -0.114. The molecule has 0 radical (unpaired) electrons. The van der Waals surface area contributed by atoms with Crippen molar-refractivity contribution in [3.8, 4) is 0 Å².